The van der Waals surface area contributed by atoms with Crippen molar-refractivity contribution in [1.82, 2.24) is 15.5 Å². The van der Waals surface area contributed by atoms with Crippen molar-refractivity contribution in [2.75, 3.05) is 6.54 Å². The Morgan fingerprint density at radius 2 is 2.40 bits per heavy atom. The van der Waals surface area contributed by atoms with Crippen LogP contribution in [0.15, 0.2) is 22.0 Å². The number of nitrogens with one attached hydrogen (secondary N) is 1. The number of nitrogens with zero attached hydrogens (tertiary/aromatic N) is 2. The predicted molar refractivity (Wildman–Crippen MR) is 74.4 cm³/mol. The molecule has 3 rings (SSSR count). The molecule has 0 saturated heterocycles. The molecule has 0 unspecified atom stereocenters. The van der Waals surface area contributed by atoms with Crippen molar-refractivity contribution >= 4 is 17.2 Å². The normalized spacial score (nSPS) is 16.6. The van der Waals surface area contributed by atoms with E-state index in [4.69, 9.17) is 10.3 Å². The lowest BCUT2D eigenvalue weighted by atomic mass is 9.77. The maximum absolute atomic E-state index is 11.7. The fourth-order valence-electron chi connectivity index (χ4n) is 2.12. The maximum Gasteiger partial charge on any atom is 0.261 e. The minimum absolute atomic E-state index is 0.0750. The van der Waals surface area contributed by atoms with Gasteiger partial charge in [0.1, 0.15) is 0 Å². The van der Waals surface area contributed by atoms with E-state index in [0.29, 0.717) is 29.6 Å². The number of aromatic nitrogens is 2. The summed E-state index contributed by atoms with van der Waals surface area (Å²) >= 11 is 1.42. The molecule has 1 saturated carbocycles. The molecule has 1 aliphatic rings. The van der Waals surface area contributed by atoms with Gasteiger partial charge in [0, 0.05) is 13.0 Å². The van der Waals surface area contributed by atoms with Gasteiger partial charge in [-0.3, -0.25) is 4.79 Å². The van der Waals surface area contributed by atoms with Gasteiger partial charge in [0.15, 0.2) is 5.82 Å². The van der Waals surface area contributed by atoms with Crippen LogP contribution in [0.25, 0.3) is 0 Å². The van der Waals surface area contributed by atoms with Crippen LogP contribution in [0.2, 0.25) is 0 Å². The Balaban J connectivity index is 1.50. The molecule has 1 fully saturated rings. The van der Waals surface area contributed by atoms with Crippen LogP contribution >= 0.6 is 11.3 Å². The van der Waals surface area contributed by atoms with E-state index in [0.717, 1.165) is 19.3 Å². The highest BCUT2D eigenvalue weighted by Crippen LogP contribution is 2.36. The minimum atomic E-state index is -0.401. The van der Waals surface area contributed by atoms with E-state index < -0.39 is 5.54 Å². The predicted octanol–water partition coefficient (Wildman–Crippen LogP) is 1.44. The zero-order chi connectivity index (χ0) is 14.0. The van der Waals surface area contributed by atoms with Crippen molar-refractivity contribution in [2.24, 2.45) is 5.73 Å². The Labute approximate surface area is 120 Å². The molecular formula is C13H16N4O2S. The van der Waals surface area contributed by atoms with E-state index in [1.807, 2.05) is 11.4 Å². The van der Waals surface area contributed by atoms with Gasteiger partial charge in [-0.1, -0.05) is 11.2 Å². The average Bonchev–Trinajstić information content (AvgIpc) is 3.07. The van der Waals surface area contributed by atoms with E-state index >= 15 is 0 Å². The second kappa shape index (κ2) is 5.34. The number of carbonyl (C=O) groups excluding carboxylic acids is 1. The Morgan fingerprint density at radius 1 is 1.55 bits per heavy atom. The summed E-state index contributed by atoms with van der Waals surface area (Å²) in [6, 6.07) is 3.64. The largest absolute Gasteiger partial charge is 0.351 e. The Morgan fingerprint density at radius 3 is 3.05 bits per heavy atom. The number of amides is 1. The molecule has 20 heavy (non-hydrogen) atoms. The third-order valence-electron chi connectivity index (χ3n) is 3.53. The van der Waals surface area contributed by atoms with Crippen LogP contribution in [0.4, 0.5) is 0 Å². The van der Waals surface area contributed by atoms with Crippen molar-refractivity contribution in [3.8, 4) is 0 Å². The molecule has 0 aliphatic heterocycles. The van der Waals surface area contributed by atoms with Crippen molar-refractivity contribution in [2.45, 2.75) is 31.2 Å². The highest BCUT2D eigenvalue weighted by molar-refractivity contribution is 7.12. The van der Waals surface area contributed by atoms with Crippen LogP contribution in [-0.4, -0.2) is 22.6 Å². The summed E-state index contributed by atoms with van der Waals surface area (Å²) < 4.78 is 5.17. The first-order valence-electron chi connectivity index (χ1n) is 6.61. The third kappa shape index (κ3) is 2.59. The lowest BCUT2D eigenvalue weighted by Crippen LogP contribution is -2.44. The standard InChI is InChI=1S/C13H16N4O2S/c14-13(5-2-6-13)12-16-10(19-17-12)4-7-15-11(18)9-3-1-8-20-9/h1,3,8H,2,4-7,14H2,(H,15,18). The van der Waals surface area contributed by atoms with Gasteiger partial charge in [0.05, 0.1) is 10.4 Å². The van der Waals surface area contributed by atoms with Crippen LogP contribution in [0.1, 0.15) is 40.6 Å². The van der Waals surface area contributed by atoms with Crippen LogP contribution in [0.5, 0.6) is 0 Å². The number of carbonyl (C=O) groups is 1. The number of thiophene rings is 1. The van der Waals surface area contributed by atoms with Crippen molar-refractivity contribution in [3.05, 3.63) is 34.1 Å². The minimum Gasteiger partial charge on any atom is -0.351 e. The molecule has 1 aliphatic carbocycles. The van der Waals surface area contributed by atoms with Gasteiger partial charge in [-0.15, -0.1) is 11.3 Å². The highest BCUT2D eigenvalue weighted by atomic mass is 32.1. The van der Waals surface area contributed by atoms with Gasteiger partial charge in [-0.05, 0) is 30.7 Å². The van der Waals surface area contributed by atoms with E-state index in [1.165, 1.54) is 11.3 Å². The first-order chi connectivity index (χ1) is 9.67. The molecule has 2 aromatic heterocycles. The molecule has 106 valence electrons. The Kier molecular flexibility index (Phi) is 3.54. The van der Waals surface area contributed by atoms with Crippen LogP contribution in [0, 0.1) is 0 Å². The topological polar surface area (TPSA) is 94.0 Å². The number of hydrogen-bond donors (Lipinski definition) is 2. The van der Waals surface area contributed by atoms with Crippen molar-refractivity contribution < 1.29 is 9.32 Å². The summed E-state index contributed by atoms with van der Waals surface area (Å²) in [6.45, 7) is 0.468. The molecule has 0 bridgehead atoms. The second-order valence-electron chi connectivity index (χ2n) is 5.00. The molecule has 0 spiro atoms. The first kappa shape index (κ1) is 13.3. The van der Waals surface area contributed by atoms with Crippen molar-refractivity contribution in [1.29, 1.82) is 0 Å². The van der Waals surface area contributed by atoms with E-state index in [2.05, 4.69) is 15.5 Å². The van der Waals surface area contributed by atoms with Gasteiger partial charge in [-0.2, -0.15) is 4.98 Å². The lowest BCUT2D eigenvalue weighted by Gasteiger charge is -2.34. The van der Waals surface area contributed by atoms with E-state index in [9.17, 15) is 4.79 Å². The zero-order valence-electron chi connectivity index (χ0n) is 11.0. The monoisotopic (exact) mass is 292 g/mol. The lowest BCUT2D eigenvalue weighted by molar-refractivity contribution is 0.0957. The average molecular weight is 292 g/mol. The molecule has 0 atom stereocenters. The summed E-state index contributed by atoms with van der Waals surface area (Å²) in [6.07, 6.45) is 3.43. The third-order valence-corrected chi connectivity index (χ3v) is 4.40. The van der Waals surface area contributed by atoms with Gasteiger partial charge >= 0.3 is 0 Å². The molecule has 6 nitrogen and oxygen atoms in total. The van der Waals surface area contributed by atoms with Gasteiger partial charge in [0.25, 0.3) is 5.91 Å². The fraction of sp³-hybridized carbons (Fsp3) is 0.462. The van der Waals surface area contributed by atoms with Gasteiger partial charge in [-0.25, -0.2) is 0 Å². The number of hydrogen-bond acceptors (Lipinski definition) is 6. The van der Waals surface area contributed by atoms with Gasteiger partial charge < -0.3 is 15.6 Å². The second-order valence-corrected chi connectivity index (χ2v) is 5.95. The summed E-state index contributed by atoms with van der Waals surface area (Å²) in [5.41, 5.74) is 5.72. The van der Waals surface area contributed by atoms with Crippen LogP contribution in [0.3, 0.4) is 0 Å². The molecular weight excluding hydrogens is 276 g/mol. The smallest absolute Gasteiger partial charge is 0.261 e. The molecule has 3 N–H and O–H groups in total. The first-order valence-corrected chi connectivity index (χ1v) is 7.49. The fourth-order valence-corrected chi connectivity index (χ4v) is 2.76. The van der Waals surface area contributed by atoms with E-state index in [-0.39, 0.29) is 5.91 Å². The maximum atomic E-state index is 11.7. The molecule has 2 heterocycles. The van der Waals surface area contributed by atoms with Crippen LogP contribution in [-0.2, 0) is 12.0 Å². The Bertz CT molecular complexity index is 589. The summed E-state index contributed by atoms with van der Waals surface area (Å²) in [5.74, 6) is 1.03. The molecule has 1 amide bonds. The molecule has 7 heteroatoms. The quantitative estimate of drug-likeness (QED) is 0.869. The Hall–Kier alpha value is -1.73. The summed E-state index contributed by atoms with van der Waals surface area (Å²) in [4.78, 5) is 16.7. The van der Waals surface area contributed by atoms with E-state index in [1.54, 1.807) is 6.07 Å². The zero-order valence-corrected chi connectivity index (χ0v) is 11.8. The highest BCUT2D eigenvalue weighted by Gasteiger charge is 2.38. The molecule has 2 aromatic rings. The number of nitrogens with two attached hydrogens (primary N) is 1. The van der Waals surface area contributed by atoms with Crippen molar-refractivity contribution in [3.63, 3.8) is 0 Å². The SMILES string of the molecule is NC1(c2noc(CCNC(=O)c3cccs3)n2)CCC1. The van der Waals surface area contributed by atoms with Gasteiger partial charge in [0.2, 0.25) is 5.89 Å². The number of rotatable bonds is 5. The van der Waals surface area contributed by atoms with Crippen LogP contribution < -0.4 is 11.1 Å². The summed E-state index contributed by atoms with van der Waals surface area (Å²) in [5, 5.41) is 8.63. The molecule has 0 radical (unpaired) electrons. The molecule has 0 aromatic carbocycles. The summed E-state index contributed by atoms with van der Waals surface area (Å²) in [7, 11) is 0.